The third-order valence-electron chi connectivity index (χ3n) is 4.59. The molecule has 1 heterocycles. The minimum Gasteiger partial charge on any atom is -0.356 e. The molecule has 5 heteroatoms. The predicted octanol–water partition coefficient (Wildman–Crippen LogP) is 2.53. The highest BCUT2D eigenvalue weighted by atomic mass is 19.1. The molecule has 0 spiro atoms. The lowest BCUT2D eigenvalue weighted by Gasteiger charge is -2.29. The lowest BCUT2D eigenvalue weighted by molar-refractivity contribution is 0.213. The van der Waals surface area contributed by atoms with Crippen LogP contribution >= 0.6 is 0 Å². The van der Waals surface area contributed by atoms with Crippen LogP contribution < -0.4 is 10.6 Å². The Morgan fingerprint density at radius 2 is 2.04 bits per heavy atom. The van der Waals surface area contributed by atoms with Crippen LogP contribution in [-0.4, -0.2) is 44.6 Å². The zero-order valence-electron chi connectivity index (χ0n) is 14.5. The number of guanidine groups is 1. The first kappa shape index (κ1) is 17.7. The Hall–Kier alpha value is -1.62. The fourth-order valence-corrected chi connectivity index (χ4v) is 2.97. The van der Waals surface area contributed by atoms with Crippen LogP contribution in [0.4, 0.5) is 4.39 Å². The van der Waals surface area contributed by atoms with Crippen molar-refractivity contribution in [3.8, 4) is 0 Å². The molecular formula is C18H29FN4. The van der Waals surface area contributed by atoms with Crippen LogP contribution in [0.15, 0.2) is 23.2 Å². The van der Waals surface area contributed by atoms with Crippen LogP contribution in [0.5, 0.6) is 0 Å². The molecule has 1 fully saturated rings. The first-order chi connectivity index (χ1) is 11.1. The van der Waals surface area contributed by atoms with Gasteiger partial charge in [0.05, 0.1) is 0 Å². The largest absolute Gasteiger partial charge is 0.356 e. The van der Waals surface area contributed by atoms with Crippen molar-refractivity contribution in [2.45, 2.75) is 32.7 Å². The van der Waals surface area contributed by atoms with Crippen LogP contribution in [0, 0.1) is 18.7 Å². The highest BCUT2D eigenvalue weighted by molar-refractivity contribution is 5.79. The molecular weight excluding hydrogens is 291 g/mol. The maximum Gasteiger partial charge on any atom is 0.191 e. The Morgan fingerprint density at radius 3 is 2.70 bits per heavy atom. The second-order valence-electron chi connectivity index (χ2n) is 6.47. The van der Waals surface area contributed by atoms with Gasteiger partial charge in [-0.1, -0.05) is 12.1 Å². The summed E-state index contributed by atoms with van der Waals surface area (Å²) in [4.78, 5) is 6.65. The van der Waals surface area contributed by atoms with Crippen molar-refractivity contribution >= 4 is 5.96 Å². The van der Waals surface area contributed by atoms with Crippen molar-refractivity contribution in [3.63, 3.8) is 0 Å². The number of piperidine rings is 1. The Labute approximate surface area is 139 Å². The molecule has 0 amide bonds. The van der Waals surface area contributed by atoms with Gasteiger partial charge in [0, 0.05) is 20.1 Å². The van der Waals surface area contributed by atoms with Gasteiger partial charge in [0.1, 0.15) is 5.82 Å². The Morgan fingerprint density at radius 1 is 1.30 bits per heavy atom. The quantitative estimate of drug-likeness (QED) is 0.647. The fraction of sp³-hybridized carbons (Fsp3) is 0.611. The average Bonchev–Trinajstić information content (AvgIpc) is 2.55. The summed E-state index contributed by atoms with van der Waals surface area (Å²) in [6, 6.07) is 5.19. The van der Waals surface area contributed by atoms with E-state index in [0.29, 0.717) is 12.1 Å². The SMILES string of the molecule is CN=C(NCCC1CCN(C)CC1)NCc1ccc(F)c(C)c1. The summed E-state index contributed by atoms with van der Waals surface area (Å²) < 4.78 is 13.3. The van der Waals surface area contributed by atoms with Crippen molar-refractivity contribution in [1.29, 1.82) is 0 Å². The van der Waals surface area contributed by atoms with E-state index in [0.717, 1.165) is 24.0 Å². The third-order valence-corrected chi connectivity index (χ3v) is 4.59. The molecule has 0 aromatic heterocycles. The second kappa shape index (κ2) is 8.87. The molecule has 23 heavy (non-hydrogen) atoms. The van der Waals surface area contributed by atoms with Gasteiger partial charge in [-0.25, -0.2) is 4.39 Å². The third kappa shape index (κ3) is 5.82. The van der Waals surface area contributed by atoms with Crippen LogP contribution in [0.1, 0.15) is 30.4 Å². The molecule has 1 aromatic rings. The van der Waals surface area contributed by atoms with Gasteiger partial charge in [0.25, 0.3) is 0 Å². The van der Waals surface area contributed by atoms with Gasteiger partial charge in [0.2, 0.25) is 0 Å². The normalized spacial score (nSPS) is 17.3. The van der Waals surface area contributed by atoms with E-state index < -0.39 is 0 Å². The molecule has 128 valence electrons. The highest BCUT2D eigenvalue weighted by Crippen LogP contribution is 2.18. The van der Waals surface area contributed by atoms with Crippen LogP contribution in [0.2, 0.25) is 0 Å². The minimum absolute atomic E-state index is 0.158. The molecule has 1 aliphatic rings. The van der Waals surface area contributed by atoms with E-state index in [9.17, 15) is 4.39 Å². The molecule has 2 rings (SSSR count). The lowest BCUT2D eigenvalue weighted by atomic mass is 9.94. The topological polar surface area (TPSA) is 39.7 Å². The van der Waals surface area contributed by atoms with Gasteiger partial charge >= 0.3 is 0 Å². The Kier molecular flexibility index (Phi) is 6.84. The second-order valence-corrected chi connectivity index (χ2v) is 6.47. The number of benzene rings is 1. The molecule has 1 aromatic carbocycles. The molecule has 0 atom stereocenters. The van der Waals surface area contributed by atoms with Gasteiger partial charge in [-0.15, -0.1) is 0 Å². The molecule has 1 saturated heterocycles. The Bertz CT molecular complexity index is 522. The summed E-state index contributed by atoms with van der Waals surface area (Å²) >= 11 is 0. The fourth-order valence-electron chi connectivity index (χ4n) is 2.97. The van der Waals surface area contributed by atoms with Crippen molar-refractivity contribution < 1.29 is 4.39 Å². The van der Waals surface area contributed by atoms with Crippen molar-refractivity contribution in [3.05, 3.63) is 35.1 Å². The minimum atomic E-state index is -0.158. The summed E-state index contributed by atoms with van der Waals surface area (Å²) in [5, 5.41) is 6.66. The van der Waals surface area contributed by atoms with E-state index in [1.165, 1.54) is 38.4 Å². The van der Waals surface area contributed by atoms with Crippen LogP contribution in [0.3, 0.4) is 0 Å². The maximum atomic E-state index is 13.3. The number of hydrogen-bond donors (Lipinski definition) is 2. The van der Waals surface area contributed by atoms with Crippen molar-refractivity contribution in [2.24, 2.45) is 10.9 Å². The Balaban J connectivity index is 1.70. The first-order valence-electron chi connectivity index (χ1n) is 8.46. The van der Waals surface area contributed by atoms with E-state index in [2.05, 4.69) is 27.6 Å². The van der Waals surface area contributed by atoms with Crippen molar-refractivity contribution in [1.82, 2.24) is 15.5 Å². The van der Waals surface area contributed by atoms with Gasteiger partial charge in [-0.05, 0) is 69.4 Å². The van der Waals surface area contributed by atoms with Crippen LogP contribution in [0.25, 0.3) is 0 Å². The van der Waals surface area contributed by atoms with Gasteiger partial charge in [-0.2, -0.15) is 0 Å². The summed E-state index contributed by atoms with van der Waals surface area (Å²) in [6.07, 6.45) is 3.77. The predicted molar refractivity (Wildman–Crippen MR) is 94.2 cm³/mol. The van der Waals surface area contributed by atoms with Crippen LogP contribution in [-0.2, 0) is 6.54 Å². The number of nitrogens with one attached hydrogen (secondary N) is 2. The number of halogens is 1. The lowest BCUT2D eigenvalue weighted by Crippen LogP contribution is -2.38. The molecule has 2 N–H and O–H groups in total. The van der Waals surface area contributed by atoms with E-state index in [1.54, 1.807) is 20.0 Å². The van der Waals surface area contributed by atoms with Gasteiger partial charge in [-0.3, -0.25) is 4.99 Å². The summed E-state index contributed by atoms with van der Waals surface area (Å²) in [5.74, 6) is 1.46. The average molecular weight is 320 g/mol. The molecule has 0 aliphatic carbocycles. The molecule has 4 nitrogen and oxygen atoms in total. The standard InChI is InChI=1S/C18H29FN4/c1-14-12-16(4-5-17(14)19)13-22-18(20-2)21-9-6-15-7-10-23(3)11-8-15/h4-5,12,15H,6-11,13H2,1-3H3,(H2,20,21,22). The number of aryl methyl sites for hydroxylation is 1. The van der Waals surface area contributed by atoms with E-state index >= 15 is 0 Å². The number of hydrogen-bond acceptors (Lipinski definition) is 2. The number of likely N-dealkylation sites (tertiary alicyclic amines) is 1. The molecule has 0 saturated carbocycles. The van der Waals surface area contributed by atoms with Gasteiger partial charge < -0.3 is 15.5 Å². The molecule has 0 bridgehead atoms. The summed E-state index contributed by atoms with van der Waals surface area (Å²) in [5.41, 5.74) is 1.73. The number of rotatable bonds is 5. The first-order valence-corrected chi connectivity index (χ1v) is 8.46. The van der Waals surface area contributed by atoms with E-state index in [1.807, 2.05) is 6.07 Å². The van der Waals surface area contributed by atoms with E-state index in [4.69, 9.17) is 0 Å². The summed E-state index contributed by atoms with van der Waals surface area (Å²) in [7, 11) is 3.97. The number of aliphatic imine (C=N–C) groups is 1. The molecule has 0 radical (unpaired) electrons. The highest BCUT2D eigenvalue weighted by Gasteiger charge is 2.16. The smallest absolute Gasteiger partial charge is 0.191 e. The zero-order valence-corrected chi connectivity index (χ0v) is 14.5. The zero-order chi connectivity index (χ0) is 16.7. The molecule has 0 unspecified atom stereocenters. The molecule has 1 aliphatic heterocycles. The van der Waals surface area contributed by atoms with Gasteiger partial charge in [0.15, 0.2) is 5.96 Å². The number of nitrogens with zero attached hydrogens (tertiary/aromatic N) is 2. The van der Waals surface area contributed by atoms with E-state index in [-0.39, 0.29) is 5.82 Å². The summed E-state index contributed by atoms with van der Waals surface area (Å²) in [6.45, 7) is 5.79. The maximum absolute atomic E-state index is 13.3. The van der Waals surface area contributed by atoms with Crippen molar-refractivity contribution in [2.75, 3.05) is 33.7 Å². The monoisotopic (exact) mass is 320 g/mol.